The number of halogens is 3. The van der Waals surface area contributed by atoms with E-state index in [0.29, 0.717) is 12.1 Å². The summed E-state index contributed by atoms with van der Waals surface area (Å²) in [5, 5.41) is 9.75. The van der Waals surface area contributed by atoms with Crippen molar-refractivity contribution in [2.75, 3.05) is 13.1 Å². The smallest absolute Gasteiger partial charge is 0.248 e. The summed E-state index contributed by atoms with van der Waals surface area (Å²) in [5.74, 6) is -4.10. The van der Waals surface area contributed by atoms with Crippen molar-refractivity contribution >= 4 is 10.0 Å². The molecule has 0 atom stereocenters. The summed E-state index contributed by atoms with van der Waals surface area (Å²) < 4.78 is 65.3. The van der Waals surface area contributed by atoms with Gasteiger partial charge < -0.3 is 5.11 Å². The number of hydrogen-bond acceptors (Lipinski definition) is 3. The second-order valence-corrected chi connectivity index (χ2v) is 6.97. The Bertz CT molecular complexity index is 598. The van der Waals surface area contributed by atoms with Crippen LogP contribution in [0.15, 0.2) is 17.0 Å². The van der Waals surface area contributed by atoms with Crippen LogP contribution in [0.3, 0.4) is 0 Å². The Kier molecular flexibility index (Phi) is 3.83. The standard InChI is InChI=1S/C12H14F3NO3S/c1-12(17)2-4-16(5-3-12)20(18,19)11-9(14)6-8(13)7-10(11)15/h6-7,17H,2-5H2,1H3. The Morgan fingerprint density at radius 3 is 2.05 bits per heavy atom. The fourth-order valence-corrected chi connectivity index (χ4v) is 3.64. The molecule has 4 nitrogen and oxygen atoms in total. The maximum absolute atomic E-state index is 13.6. The average molecular weight is 309 g/mol. The molecule has 20 heavy (non-hydrogen) atoms. The van der Waals surface area contributed by atoms with Crippen LogP contribution in [0.1, 0.15) is 19.8 Å². The molecule has 1 aromatic rings. The summed E-state index contributed by atoms with van der Waals surface area (Å²) in [6.07, 6.45) is 0.327. The lowest BCUT2D eigenvalue weighted by atomic mass is 9.95. The highest BCUT2D eigenvalue weighted by molar-refractivity contribution is 7.89. The minimum atomic E-state index is -4.38. The fourth-order valence-electron chi connectivity index (χ4n) is 2.11. The molecule has 1 aromatic carbocycles. The van der Waals surface area contributed by atoms with Crippen LogP contribution in [-0.4, -0.2) is 36.5 Å². The molecule has 1 aliphatic heterocycles. The molecule has 1 aliphatic rings. The van der Waals surface area contributed by atoms with Gasteiger partial charge in [0, 0.05) is 25.2 Å². The molecule has 0 radical (unpaired) electrons. The van der Waals surface area contributed by atoms with Crippen molar-refractivity contribution in [3.8, 4) is 0 Å². The Hall–Kier alpha value is -1.12. The van der Waals surface area contributed by atoms with E-state index in [1.54, 1.807) is 6.92 Å². The third kappa shape index (κ3) is 2.82. The molecule has 0 aliphatic carbocycles. The molecule has 0 unspecified atom stereocenters. The van der Waals surface area contributed by atoms with Gasteiger partial charge in [-0.05, 0) is 19.8 Å². The topological polar surface area (TPSA) is 57.6 Å². The highest BCUT2D eigenvalue weighted by Crippen LogP contribution is 2.29. The van der Waals surface area contributed by atoms with Gasteiger partial charge in [-0.15, -0.1) is 0 Å². The first-order valence-electron chi connectivity index (χ1n) is 6.00. The third-order valence-electron chi connectivity index (χ3n) is 3.36. The zero-order chi connectivity index (χ0) is 15.1. The number of hydrogen-bond donors (Lipinski definition) is 1. The van der Waals surface area contributed by atoms with Crippen LogP contribution in [0.5, 0.6) is 0 Å². The maximum Gasteiger partial charge on any atom is 0.248 e. The zero-order valence-electron chi connectivity index (χ0n) is 10.7. The molecule has 8 heteroatoms. The van der Waals surface area contributed by atoms with Crippen molar-refractivity contribution < 1.29 is 26.7 Å². The van der Waals surface area contributed by atoms with E-state index in [-0.39, 0.29) is 25.9 Å². The lowest BCUT2D eigenvalue weighted by Gasteiger charge is -2.35. The molecule has 2 rings (SSSR count). The maximum atomic E-state index is 13.6. The second kappa shape index (κ2) is 5.01. The lowest BCUT2D eigenvalue weighted by Crippen LogP contribution is -2.45. The molecule has 0 aromatic heterocycles. The number of piperidine rings is 1. The van der Waals surface area contributed by atoms with Gasteiger partial charge in [-0.2, -0.15) is 4.31 Å². The molecule has 0 amide bonds. The van der Waals surface area contributed by atoms with Crippen molar-refractivity contribution in [2.24, 2.45) is 0 Å². The summed E-state index contributed by atoms with van der Waals surface area (Å²) in [7, 11) is -4.38. The van der Waals surface area contributed by atoms with Crippen molar-refractivity contribution in [1.82, 2.24) is 4.31 Å². The number of rotatable bonds is 2. The van der Waals surface area contributed by atoms with Gasteiger partial charge in [-0.3, -0.25) is 0 Å². The van der Waals surface area contributed by atoms with Gasteiger partial charge in [0.15, 0.2) is 4.90 Å². The molecule has 112 valence electrons. The molecule has 0 spiro atoms. The Balaban J connectivity index is 2.37. The molecular weight excluding hydrogens is 295 g/mol. The van der Waals surface area contributed by atoms with Crippen molar-refractivity contribution in [1.29, 1.82) is 0 Å². The monoisotopic (exact) mass is 309 g/mol. The van der Waals surface area contributed by atoms with Crippen LogP contribution in [0.4, 0.5) is 13.2 Å². The highest BCUT2D eigenvalue weighted by Gasteiger charge is 2.37. The summed E-state index contributed by atoms with van der Waals surface area (Å²) in [6, 6.07) is 0.659. The molecule has 0 saturated carbocycles. The first kappa shape index (κ1) is 15.3. The van der Waals surface area contributed by atoms with Gasteiger partial charge in [0.2, 0.25) is 10.0 Å². The van der Waals surface area contributed by atoms with Gasteiger partial charge in [-0.25, -0.2) is 21.6 Å². The summed E-state index contributed by atoms with van der Waals surface area (Å²) in [4.78, 5) is -1.15. The van der Waals surface area contributed by atoms with Gasteiger partial charge in [0.1, 0.15) is 17.5 Å². The third-order valence-corrected chi connectivity index (χ3v) is 5.31. The number of nitrogens with zero attached hydrogens (tertiary/aromatic N) is 1. The van der Waals surface area contributed by atoms with E-state index in [0.717, 1.165) is 4.31 Å². The van der Waals surface area contributed by atoms with E-state index in [1.807, 2.05) is 0 Å². The molecule has 0 bridgehead atoms. The Morgan fingerprint density at radius 1 is 1.15 bits per heavy atom. The van der Waals surface area contributed by atoms with E-state index >= 15 is 0 Å². The second-order valence-electron chi connectivity index (χ2n) is 5.10. The fraction of sp³-hybridized carbons (Fsp3) is 0.500. The Labute approximate surface area is 114 Å². The van der Waals surface area contributed by atoms with Crippen molar-refractivity contribution in [2.45, 2.75) is 30.3 Å². The highest BCUT2D eigenvalue weighted by atomic mass is 32.2. The number of benzene rings is 1. The van der Waals surface area contributed by atoms with E-state index in [4.69, 9.17) is 0 Å². The largest absolute Gasteiger partial charge is 0.390 e. The van der Waals surface area contributed by atoms with Crippen LogP contribution in [0.2, 0.25) is 0 Å². The lowest BCUT2D eigenvalue weighted by molar-refractivity contribution is 0.0125. The van der Waals surface area contributed by atoms with Crippen molar-refractivity contribution in [3.05, 3.63) is 29.6 Å². The quantitative estimate of drug-likeness (QED) is 0.903. The number of aliphatic hydroxyl groups is 1. The summed E-state index contributed by atoms with van der Waals surface area (Å²) >= 11 is 0. The minimum Gasteiger partial charge on any atom is -0.390 e. The predicted octanol–water partition coefficient (Wildman–Crippen LogP) is 1.64. The molecule has 1 saturated heterocycles. The van der Waals surface area contributed by atoms with Crippen molar-refractivity contribution in [3.63, 3.8) is 0 Å². The first-order chi connectivity index (χ1) is 9.13. The van der Waals surface area contributed by atoms with Crippen LogP contribution in [0.25, 0.3) is 0 Å². The zero-order valence-corrected chi connectivity index (χ0v) is 11.6. The van der Waals surface area contributed by atoms with Gasteiger partial charge >= 0.3 is 0 Å². The summed E-state index contributed by atoms with van der Waals surface area (Å²) in [6.45, 7) is 1.47. The van der Waals surface area contributed by atoms with Crippen LogP contribution in [0, 0.1) is 17.5 Å². The molecule has 1 fully saturated rings. The van der Waals surface area contributed by atoms with E-state index in [1.165, 1.54) is 0 Å². The van der Waals surface area contributed by atoms with Gasteiger partial charge in [-0.1, -0.05) is 0 Å². The average Bonchev–Trinajstić information content (AvgIpc) is 2.26. The molecular formula is C12H14F3NO3S. The predicted molar refractivity (Wildman–Crippen MR) is 64.9 cm³/mol. The van der Waals surface area contributed by atoms with E-state index in [9.17, 15) is 26.7 Å². The molecule has 1 heterocycles. The van der Waals surface area contributed by atoms with E-state index < -0.39 is 38.0 Å². The Morgan fingerprint density at radius 2 is 1.60 bits per heavy atom. The van der Waals surface area contributed by atoms with Crippen LogP contribution < -0.4 is 0 Å². The molecule has 1 N–H and O–H groups in total. The minimum absolute atomic E-state index is 0.0500. The van der Waals surface area contributed by atoms with Gasteiger partial charge in [0.25, 0.3) is 0 Å². The number of sulfonamides is 1. The van der Waals surface area contributed by atoms with Crippen LogP contribution >= 0.6 is 0 Å². The van der Waals surface area contributed by atoms with Crippen LogP contribution in [-0.2, 0) is 10.0 Å². The normalized spacial score (nSPS) is 20.1. The van der Waals surface area contributed by atoms with E-state index in [2.05, 4.69) is 0 Å². The summed E-state index contributed by atoms with van der Waals surface area (Å²) in [5.41, 5.74) is -0.994. The first-order valence-corrected chi connectivity index (χ1v) is 7.44. The SMILES string of the molecule is CC1(O)CCN(S(=O)(=O)c2c(F)cc(F)cc2F)CC1. The van der Waals surface area contributed by atoms with Gasteiger partial charge in [0.05, 0.1) is 5.60 Å².